The van der Waals surface area contributed by atoms with Crippen molar-refractivity contribution < 1.29 is 10.4 Å². The van der Waals surface area contributed by atoms with E-state index < -0.39 is 5.89 Å². The first-order chi connectivity index (χ1) is 17.0. The van der Waals surface area contributed by atoms with Crippen molar-refractivity contribution in [2.24, 2.45) is 7.05 Å². The molecule has 3 aromatic heterocycles. The van der Waals surface area contributed by atoms with Crippen LogP contribution in [0, 0.1) is 6.92 Å². The van der Waals surface area contributed by atoms with Gasteiger partial charge < -0.3 is 4.42 Å². The molecule has 2 aliphatic carbocycles. The monoisotopic (exact) mass is 468 g/mol. The number of rotatable bonds is 2. The molecule has 0 aliphatic heterocycles. The number of furan rings is 1. The second-order valence-corrected chi connectivity index (χ2v) is 12.3. The zero-order valence-electron chi connectivity index (χ0n) is 23.2. The van der Waals surface area contributed by atoms with Crippen LogP contribution in [-0.2, 0) is 17.9 Å². The Kier molecular flexibility index (Phi) is 4.88. The summed E-state index contributed by atoms with van der Waals surface area (Å²) in [6.07, 6.45) is 11.8. The molecular weight excluding hydrogens is 428 g/mol. The van der Waals surface area contributed by atoms with Gasteiger partial charge in [0.15, 0.2) is 11.8 Å². The lowest BCUT2D eigenvalue weighted by Gasteiger charge is -2.43. The molecule has 182 valence electrons. The first-order valence-corrected chi connectivity index (χ1v) is 13.4. The zero-order valence-corrected chi connectivity index (χ0v) is 22.2. The van der Waals surface area contributed by atoms with Gasteiger partial charge in [0.2, 0.25) is 11.4 Å². The molecule has 0 bridgehead atoms. The van der Waals surface area contributed by atoms with E-state index in [1.54, 1.807) is 0 Å². The molecular formula is C32H39N2O+. The third kappa shape index (κ3) is 3.45. The fourth-order valence-corrected chi connectivity index (χ4v) is 7.01. The van der Waals surface area contributed by atoms with Gasteiger partial charge in [0, 0.05) is 30.0 Å². The molecule has 4 aromatic rings. The molecule has 1 fully saturated rings. The van der Waals surface area contributed by atoms with E-state index in [4.69, 9.17) is 5.79 Å². The normalized spacial score (nSPS) is 21.1. The fraction of sp³-hybridized carbons (Fsp3) is 0.500. The molecule has 1 saturated carbocycles. The number of pyridine rings is 2. The first-order valence-electron chi connectivity index (χ1n) is 13.9. The van der Waals surface area contributed by atoms with Crippen LogP contribution in [0.1, 0.15) is 102 Å². The fourth-order valence-electron chi connectivity index (χ4n) is 7.01. The molecule has 0 atom stereocenters. The van der Waals surface area contributed by atoms with Crippen molar-refractivity contribution in [2.75, 3.05) is 0 Å². The number of aromatic nitrogens is 2. The van der Waals surface area contributed by atoms with E-state index in [1.165, 1.54) is 40.5 Å². The Hall–Kier alpha value is -2.68. The van der Waals surface area contributed by atoms with Gasteiger partial charge in [-0.1, -0.05) is 47.0 Å². The molecule has 3 heteroatoms. The van der Waals surface area contributed by atoms with E-state index in [0.29, 0.717) is 5.71 Å². The molecule has 3 nitrogen and oxygen atoms in total. The number of benzene rings is 1. The minimum Gasteiger partial charge on any atom is -0.437 e. The maximum Gasteiger partial charge on any atom is 0.227 e. The summed E-state index contributed by atoms with van der Waals surface area (Å²) >= 11 is 0. The topological polar surface area (TPSA) is 29.9 Å². The van der Waals surface area contributed by atoms with E-state index in [1.807, 2.05) is 12.3 Å². The molecule has 1 aromatic carbocycles. The van der Waals surface area contributed by atoms with Gasteiger partial charge in [-0.15, -0.1) is 0 Å². The van der Waals surface area contributed by atoms with E-state index >= 15 is 0 Å². The zero-order chi connectivity index (χ0) is 25.5. The predicted molar refractivity (Wildman–Crippen MR) is 144 cm³/mol. The van der Waals surface area contributed by atoms with Crippen molar-refractivity contribution in [2.45, 2.75) is 96.3 Å². The second-order valence-electron chi connectivity index (χ2n) is 12.3. The van der Waals surface area contributed by atoms with E-state index in [-0.39, 0.29) is 10.8 Å². The number of hydrogen-bond donors (Lipinski definition) is 0. The smallest absolute Gasteiger partial charge is 0.227 e. The average Bonchev–Trinajstić information content (AvgIpc) is 3.21. The van der Waals surface area contributed by atoms with Gasteiger partial charge in [-0.2, -0.15) is 0 Å². The molecule has 0 spiro atoms. The highest BCUT2D eigenvalue weighted by Gasteiger charge is 2.42. The summed E-state index contributed by atoms with van der Waals surface area (Å²) in [6.45, 7) is 11.9. The quantitative estimate of drug-likeness (QED) is 0.278. The highest BCUT2D eigenvalue weighted by molar-refractivity contribution is 6.12. The lowest BCUT2D eigenvalue weighted by molar-refractivity contribution is -0.660. The SMILES string of the molecule is [2H]C1(c2ccc(-c3c(C)c4c(c5c3oc3ncccc35)C(C)(C)CCC4(C)C)[n+](C)c2)CCCCC1. The van der Waals surface area contributed by atoms with Gasteiger partial charge in [-0.25, -0.2) is 9.55 Å². The molecule has 0 saturated heterocycles. The Balaban J connectivity index is 1.69. The van der Waals surface area contributed by atoms with Crippen LogP contribution in [0.2, 0.25) is 0 Å². The molecule has 0 N–H and O–H groups in total. The van der Waals surface area contributed by atoms with Crippen molar-refractivity contribution in [3.8, 4) is 11.3 Å². The minimum absolute atomic E-state index is 0.0592. The third-order valence-corrected chi connectivity index (χ3v) is 8.93. The molecule has 0 unspecified atom stereocenters. The van der Waals surface area contributed by atoms with Crippen LogP contribution in [0.15, 0.2) is 41.1 Å². The minimum atomic E-state index is -0.468. The van der Waals surface area contributed by atoms with Crippen LogP contribution >= 0.6 is 0 Å². The van der Waals surface area contributed by atoms with Crippen molar-refractivity contribution >= 4 is 22.1 Å². The van der Waals surface area contributed by atoms with Gasteiger partial charge in [0.1, 0.15) is 7.05 Å². The highest BCUT2D eigenvalue weighted by Crippen LogP contribution is 2.54. The van der Waals surface area contributed by atoms with Crippen molar-refractivity contribution in [3.05, 3.63) is 58.9 Å². The molecule has 2 aliphatic rings. The number of nitrogens with zero attached hydrogens (tertiary/aromatic N) is 2. The lowest BCUT2D eigenvalue weighted by Crippen LogP contribution is -2.36. The summed E-state index contributed by atoms with van der Waals surface area (Å²) in [6, 6.07) is 8.63. The second kappa shape index (κ2) is 7.91. The summed E-state index contributed by atoms with van der Waals surface area (Å²) in [5.74, 6) is -0.468. The molecule has 3 heterocycles. The summed E-state index contributed by atoms with van der Waals surface area (Å²) in [5.41, 5.74) is 9.48. The van der Waals surface area contributed by atoms with E-state index in [0.717, 1.165) is 54.3 Å². The summed E-state index contributed by atoms with van der Waals surface area (Å²) in [7, 11) is 2.13. The Morgan fingerprint density at radius 3 is 2.43 bits per heavy atom. The largest absolute Gasteiger partial charge is 0.437 e. The Bertz CT molecular complexity index is 1500. The lowest BCUT2D eigenvalue weighted by atomic mass is 9.60. The Labute approximate surface area is 211 Å². The average molecular weight is 469 g/mol. The van der Waals surface area contributed by atoms with Crippen LogP contribution in [0.25, 0.3) is 33.3 Å². The Morgan fingerprint density at radius 2 is 1.71 bits per heavy atom. The first kappa shape index (κ1) is 21.6. The van der Waals surface area contributed by atoms with Gasteiger partial charge >= 0.3 is 0 Å². The van der Waals surface area contributed by atoms with Gasteiger partial charge in [0.05, 0.1) is 5.56 Å². The number of hydrogen-bond acceptors (Lipinski definition) is 2. The summed E-state index contributed by atoms with van der Waals surface area (Å²) in [4.78, 5) is 4.62. The van der Waals surface area contributed by atoms with Gasteiger partial charge in [0.25, 0.3) is 0 Å². The van der Waals surface area contributed by atoms with Crippen molar-refractivity contribution in [1.82, 2.24) is 4.98 Å². The van der Waals surface area contributed by atoms with E-state index in [2.05, 4.69) is 75.6 Å². The number of fused-ring (bicyclic) bond motifs is 5. The van der Waals surface area contributed by atoms with Crippen LogP contribution in [0.5, 0.6) is 0 Å². The summed E-state index contributed by atoms with van der Waals surface area (Å²) in [5, 5.41) is 2.35. The maximum absolute atomic E-state index is 9.16. The van der Waals surface area contributed by atoms with Gasteiger partial charge in [-0.05, 0) is 84.2 Å². The van der Waals surface area contributed by atoms with Crippen LogP contribution in [0.3, 0.4) is 0 Å². The highest BCUT2D eigenvalue weighted by atomic mass is 16.3. The molecule has 6 rings (SSSR count). The number of aryl methyl sites for hydroxylation is 1. The molecule has 0 radical (unpaired) electrons. The summed E-state index contributed by atoms with van der Waals surface area (Å²) < 4.78 is 18.0. The molecule has 35 heavy (non-hydrogen) atoms. The maximum atomic E-state index is 9.16. The third-order valence-electron chi connectivity index (χ3n) is 8.93. The van der Waals surface area contributed by atoms with Gasteiger partial charge in [-0.3, -0.25) is 0 Å². The van der Waals surface area contributed by atoms with Crippen molar-refractivity contribution in [1.29, 1.82) is 0 Å². The van der Waals surface area contributed by atoms with E-state index in [9.17, 15) is 0 Å². The van der Waals surface area contributed by atoms with Crippen LogP contribution in [0.4, 0.5) is 0 Å². The van der Waals surface area contributed by atoms with Crippen molar-refractivity contribution in [3.63, 3.8) is 0 Å². The Morgan fingerprint density at radius 1 is 1.00 bits per heavy atom. The van der Waals surface area contributed by atoms with Crippen LogP contribution < -0.4 is 4.57 Å². The standard InChI is InChI=1S/C32H39N2O/c1-20-25(24-15-14-22(19-34(24)6)21-11-8-7-9-12-21)29-26(23-13-10-18-33-30(23)35-29)28-27(20)31(2,3)16-17-32(28,4)5/h10,13-15,18-19,21H,7-9,11-12,16-17H2,1-6H3/q+1/i21D. The van der Waals surface area contributed by atoms with Crippen LogP contribution in [-0.4, -0.2) is 4.98 Å². The molecule has 0 amide bonds. The predicted octanol–water partition coefficient (Wildman–Crippen LogP) is 8.18.